The quantitative estimate of drug-likeness (QED) is 0.748. The van der Waals surface area contributed by atoms with E-state index in [1.165, 1.54) is 0 Å². The SMILES string of the molecule is N[C@H]1CC2(CCCOCC2)Oc2ccccc21. The molecule has 2 aliphatic heterocycles. The van der Waals surface area contributed by atoms with Gasteiger partial charge in [0.25, 0.3) is 0 Å². The van der Waals surface area contributed by atoms with Crippen molar-refractivity contribution in [3.63, 3.8) is 0 Å². The standard InChI is InChI=1S/C14H19NO2/c15-12-10-14(6-3-8-16-9-7-14)17-13-5-2-1-4-11(12)13/h1-2,4-5,12H,3,6-10,15H2/t12-,14?/m0/s1. The molecular weight excluding hydrogens is 214 g/mol. The summed E-state index contributed by atoms with van der Waals surface area (Å²) in [5, 5.41) is 0. The summed E-state index contributed by atoms with van der Waals surface area (Å²) in [4.78, 5) is 0. The molecule has 1 aromatic carbocycles. The van der Waals surface area contributed by atoms with Crippen LogP contribution in [0.4, 0.5) is 0 Å². The summed E-state index contributed by atoms with van der Waals surface area (Å²) in [5.41, 5.74) is 7.33. The van der Waals surface area contributed by atoms with Gasteiger partial charge in [0.2, 0.25) is 0 Å². The molecule has 3 heteroatoms. The highest BCUT2D eigenvalue weighted by atomic mass is 16.5. The molecule has 0 amide bonds. The van der Waals surface area contributed by atoms with Gasteiger partial charge in [-0.05, 0) is 18.9 Å². The Balaban J connectivity index is 1.91. The fourth-order valence-corrected chi connectivity index (χ4v) is 2.95. The van der Waals surface area contributed by atoms with Crippen molar-refractivity contribution in [1.29, 1.82) is 0 Å². The largest absolute Gasteiger partial charge is 0.487 e. The molecule has 0 radical (unpaired) electrons. The normalized spacial score (nSPS) is 32.6. The Kier molecular flexibility index (Phi) is 2.81. The van der Waals surface area contributed by atoms with E-state index in [4.69, 9.17) is 15.2 Å². The van der Waals surface area contributed by atoms with Crippen LogP contribution in [-0.4, -0.2) is 18.8 Å². The third-order valence-corrected chi connectivity index (χ3v) is 3.86. The Bertz CT molecular complexity index is 397. The van der Waals surface area contributed by atoms with Gasteiger partial charge in [-0.3, -0.25) is 0 Å². The van der Waals surface area contributed by atoms with E-state index >= 15 is 0 Å². The van der Waals surface area contributed by atoms with E-state index < -0.39 is 0 Å². The second-order valence-corrected chi connectivity index (χ2v) is 5.10. The molecule has 1 saturated heterocycles. The number of fused-ring (bicyclic) bond motifs is 1. The summed E-state index contributed by atoms with van der Waals surface area (Å²) in [6.07, 6.45) is 3.98. The lowest BCUT2D eigenvalue weighted by atomic mass is 9.83. The van der Waals surface area contributed by atoms with Gasteiger partial charge in [-0.2, -0.15) is 0 Å². The summed E-state index contributed by atoms with van der Waals surface area (Å²) >= 11 is 0. The molecule has 1 unspecified atom stereocenters. The van der Waals surface area contributed by atoms with Gasteiger partial charge in [-0.15, -0.1) is 0 Å². The molecule has 0 saturated carbocycles. The molecule has 2 N–H and O–H groups in total. The van der Waals surface area contributed by atoms with Gasteiger partial charge in [0.05, 0.1) is 6.61 Å². The summed E-state index contributed by atoms with van der Waals surface area (Å²) in [7, 11) is 0. The van der Waals surface area contributed by atoms with Gasteiger partial charge < -0.3 is 15.2 Å². The van der Waals surface area contributed by atoms with Crippen LogP contribution in [0.5, 0.6) is 5.75 Å². The number of nitrogens with two attached hydrogens (primary N) is 1. The Hall–Kier alpha value is -1.06. The third-order valence-electron chi connectivity index (χ3n) is 3.86. The third kappa shape index (κ3) is 2.05. The van der Waals surface area contributed by atoms with E-state index in [2.05, 4.69) is 6.07 Å². The van der Waals surface area contributed by atoms with Crippen LogP contribution in [-0.2, 0) is 4.74 Å². The molecule has 1 fully saturated rings. The van der Waals surface area contributed by atoms with E-state index in [-0.39, 0.29) is 11.6 Å². The average molecular weight is 233 g/mol. The lowest BCUT2D eigenvalue weighted by Crippen LogP contribution is -2.43. The van der Waals surface area contributed by atoms with Crippen LogP contribution < -0.4 is 10.5 Å². The Labute approximate surface area is 102 Å². The van der Waals surface area contributed by atoms with Crippen LogP contribution in [0.1, 0.15) is 37.3 Å². The predicted octanol–water partition coefficient (Wildman–Crippen LogP) is 2.41. The molecule has 2 aliphatic rings. The minimum Gasteiger partial charge on any atom is -0.487 e. The molecule has 1 aromatic rings. The smallest absolute Gasteiger partial charge is 0.124 e. The van der Waals surface area contributed by atoms with Gasteiger partial charge in [0, 0.05) is 31.1 Å². The molecule has 2 atom stereocenters. The molecule has 0 aromatic heterocycles. The molecule has 1 spiro atoms. The zero-order chi connectivity index (χ0) is 11.7. The number of rotatable bonds is 0. The van der Waals surface area contributed by atoms with E-state index in [1.54, 1.807) is 0 Å². The maximum absolute atomic E-state index is 6.28. The Morgan fingerprint density at radius 1 is 1.18 bits per heavy atom. The second-order valence-electron chi connectivity index (χ2n) is 5.10. The van der Waals surface area contributed by atoms with Crippen molar-refractivity contribution < 1.29 is 9.47 Å². The van der Waals surface area contributed by atoms with Crippen LogP contribution in [0.2, 0.25) is 0 Å². The summed E-state index contributed by atoms with van der Waals surface area (Å²) in [5.74, 6) is 0.966. The fourth-order valence-electron chi connectivity index (χ4n) is 2.95. The fraction of sp³-hybridized carbons (Fsp3) is 0.571. The zero-order valence-corrected chi connectivity index (χ0v) is 10.0. The molecule has 0 bridgehead atoms. The first kappa shape index (κ1) is 11.1. The zero-order valence-electron chi connectivity index (χ0n) is 10.0. The minimum atomic E-state index is -0.0930. The van der Waals surface area contributed by atoms with Crippen molar-refractivity contribution in [2.45, 2.75) is 37.3 Å². The Morgan fingerprint density at radius 2 is 2.06 bits per heavy atom. The topological polar surface area (TPSA) is 44.5 Å². The highest BCUT2D eigenvalue weighted by Crippen LogP contribution is 2.42. The summed E-state index contributed by atoms with van der Waals surface area (Å²) < 4.78 is 11.8. The van der Waals surface area contributed by atoms with Crippen molar-refractivity contribution in [3.8, 4) is 5.75 Å². The van der Waals surface area contributed by atoms with Gasteiger partial charge >= 0.3 is 0 Å². The minimum absolute atomic E-state index is 0.0930. The van der Waals surface area contributed by atoms with E-state index in [1.807, 2.05) is 18.2 Å². The first-order valence-electron chi connectivity index (χ1n) is 6.40. The second kappa shape index (κ2) is 4.31. The van der Waals surface area contributed by atoms with E-state index in [9.17, 15) is 0 Å². The number of para-hydroxylation sites is 1. The van der Waals surface area contributed by atoms with Gasteiger partial charge in [-0.1, -0.05) is 18.2 Å². The molecule has 3 nitrogen and oxygen atoms in total. The lowest BCUT2D eigenvalue weighted by molar-refractivity contribution is 0.0156. The predicted molar refractivity (Wildman–Crippen MR) is 66.0 cm³/mol. The van der Waals surface area contributed by atoms with E-state index in [0.717, 1.165) is 50.2 Å². The highest BCUT2D eigenvalue weighted by molar-refractivity contribution is 5.38. The monoisotopic (exact) mass is 233 g/mol. The maximum Gasteiger partial charge on any atom is 0.124 e. The molecule has 0 aliphatic carbocycles. The van der Waals surface area contributed by atoms with Crippen LogP contribution in [0.15, 0.2) is 24.3 Å². The average Bonchev–Trinajstić information content (AvgIpc) is 2.55. The van der Waals surface area contributed by atoms with Gasteiger partial charge in [0.15, 0.2) is 0 Å². The van der Waals surface area contributed by atoms with Crippen molar-refractivity contribution in [2.75, 3.05) is 13.2 Å². The molecule has 2 heterocycles. The van der Waals surface area contributed by atoms with Gasteiger partial charge in [0.1, 0.15) is 11.4 Å². The van der Waals surface area contributed by atoms with Crippen LogP contribution in [0, 0.1) is 0 Å². The summed E-state index contributed by atoms with van der Waals surface area (Å²) in [6.45, 7) is 1.64. The molecule has 17 heavy (non-hydrogen) atoms. The molecular formula is C14H19NO2. The van der Waals surface area contributed by atoms with E-state index in [0.29, 0.717) is 0 Å². The van der Waals surface area contributed by atoms with Crippen molar-refractivity contribution in [3.05, 3.63) is 29.8 Å². The first-order valence-corrected chi connectivity index (χ1v) is 6.40. The number of hydrogen-bond acceptors (Lipinski definition) is 3. The Morgan fingerprint density at radius 3 is 3.00 bits per heavy atom. The van der Waals surface area contributed by atoms with Gasteiger partial charge in [-0.25, -0.2) is 0 Å². The molecule has 92 valence electrons. The summed E-state index contributed by atoms with van der Waals surface area (Å²) in [6, 6.07) is 8.23. The van der Waals surface area contributed by atoms with Crippen LogP contribution >= 0.6 is 0 Å². The van der Waals surface area contributed by atoms with Crippen molar-refractivity contribution in [1.82, 2.24) is 0 Å². The van der Waals surface area contributed by atoms with Crippen LogP contribution in [0.25, 0.3) is 0 Å². The lowest BCUT2D eigenvalue weighted by Gasteiger charge is -2.40. The number of ether oxygens (including phenoxy) is 2. The molecule has 3 rings (SSSR count). The van der Waals surface area contributed by atoms with Crippen LogP contribution in [0.3, 0.4) is 0 Å². The number of benzene rings is 1. The maximum atomic E-state index is 6.28. The highest BCUT2D eigenvalue weighted by Gasteiger charge is 2.39. The number of hydrogen-bond donors (Lipinski definition) is 1. The van der Waals surface area contributed by atoms with Crippen molar-refractivity contribution in [2.24, 2.45) is 5.73 Å². The van der Waals surface area contributed by atoms with Crippen molar-refractivity contribution >= 4 is 0 Å². The first-order chi connectivity index (χ1) is 8.29.